The van der Waals surface area contributed by atoms with E-state index in [9.17, 15) is 8.42 Å². The van der Waals surface area contributed by atoms with Crippen LogP contribution in [-0.2, 0) is 10.0 Å². The lowest BCUT2D eigenvalue weighted by Crippen LogP contribution is -2.15. The van der Waals surface area contributed by atoms with Gasteiger partial charge >= 0.3 is 0 Å². The highest BCUT2D eigenvalue weighted by Gasteiger charge is 2.23. The molecule has 7 heteroatoms. The Bertz CT molecular complexity index is 1050. The molecule has 0 spiro atoms. The summed E-state index contributed by atoms with van der Waals surface area (Å²) in [4.78, 5) is 4.30. The van der Waals surface area contributed by atoms with Gasteiger partial charge in [0, 0.05) is 18.0 Å². The minimum Gasteiger partial charge on any atom is -0.395 e. The van der Waals surface area contributed by atoms with Crippen LogP contribution in [0.4, 0.5) is 0 Å². The van der Waals surface area contributed by atoms with Crippen molar-refractivity contribution in [2.24, 2.45) is 0 Å². The number of fused-ring (bicyclic) bond motifs is 1. The molecule has 3 rings (SSSR count). The summed E-state index contributed by atoms with van der Waals surface area (Å²) in [5.41, 5.74) is 0.475. The van der Waals surface area contributed by atoms with Crippen molar-refractivity contribution in [1.29, 1.82) is 0 Å². The number of pyridine rings is 1. The zero-order chi connectivity index (χ0) is 17.2. The lowest BCUT2D eigenvalue weighted by atomic mass is 10.3. The smallest absolute Gasteiger partial charge is 0.270 e. The molecule has 24 heavy (non-hydrogen) atoms. The highest BCUT2D eigenvalue weighted by atomic mass is 35.5. The number of rotatable bonds is 3. The van der Waals surface area contributed by atoms with Gasteiger partial charge < -0.3 is 5.11 Å². The van der Waals surface area contributed by atoms with Gasteiger partial charge in [-0.15, -0.1) is 0 Å². The van der Waals surface area contributed by atoms with Crippen molar-refractivity contribution >= 4 is 32.7 Å². The number of aromatic nitrogens is 2. The van der Waals surface area contributed by atoms with Crippen LogP contribution in [0.25, 0.3) is 11.0 Å². The van der Waals surface area contributed by atoms with Gasteiger partial charge in [0.1, 0.15) is 5.69 Å². The average molecular weight is 361 g/mol. The SMILES string of the molecule is O=S(=O)(c1ccccc1)n1c(C#CCCO)cc2c(Cl)ccnc21. The first kappa shape index (κ1) is 16.5. The summed E-state index contributed by atoms with van der Waals surface area (Å²) in [5, 5.41) is 9.78. The normalized spacial score (nSPS) is 11.2. The maximum absolute atomic E-state index is 13.0. The molecule has 1 aromatic carbocycles. The van der Waals surface area contributed by atoms with Gasteiger partial charge in [-0.1, -0.05) is 35.7 Å². The number of benzene rings is 1. The van der Waals surface area contributed by atoms with E-state index in [-0.39, 0.29) is 29.3 Å². The van der Waals surface area contributed by atoms with Gasteiger partial charge in [0.05, 0.1) is 16.5 Å². The van der Waals surface area contributed by atoms with Crippen molar-refractivity contribution in [2.45, 2.75) is 11.3 Å². The standard InChI is InChI=1S/C17H13ClN2O3S/c18-16-9-10-19-17-15(16)12-13(6-4-5-11-21)20(17)24(22,23)14-7-2-1-3-8-14/h1-3,7-10,12,21H,5,11H2. The van der Waals surface area contributed by atoms with Crippen LogP contribution in [0.3, 0.4) is 0 Å². The number of hydrogen-bond acceptors (Lipinski definition) is 4. The molecule has 0 aliphatic heterocycles. The summed E-state index contributed by atoms with van der Waals surface area (Å²) < 4.78 is 27.2. The molecule has 1 N–H and O–H groups in total. The predicted molar refractivity (Wildman–Crippen MR) is 92.3 cm³/mol. The lowest BCUT2D eigenvalue weighted by molar-refractivity contribution is 0.305. The monoisotopic (exact) mass is 360 g/mol. The van der Waals surface area contributed by atoms with Crippen LogP contribution in [0.15, 0.2) is 53.6 Å². The van der Waals surface area contributed by atoms with Gasteiger partial charge in [0.25, 0.3) is 10.0 Å². The molecule has 0 aliphatic rings. The molecular formula is C17H13ClN2O3S. The minimum atomic E-state index is -3.88. The molecular weight excluding hydrogens is 348 g/mol. The summed E-state index contributed by atoms with van der Waals surface area (Å²) in [6.45, 7) is -0.0995. The first-order valence-electron chi connectivity index (χ1n) is 7.12. The first-order valence-corrected chi connectivity index (χ1v) is 8.94. The molecule has 0 fully saturated rings. The first-order chi connectivity index (χ1) is 11.6. The number of hydrogen-bond donors (Lipinski definition) is 1. The van der Waals surface area contributed by atoms with Crippen molar-refractivity contribution in [3.8, 4) is 11.8 Å². The van der Waals surface area contributed by atoms with Crippen LogP contribution < -0.4 is 0 Å². The Labute approximate surface area is 144 Å². The van der Waals surface area contributed by atoms with E-state index in [1.165, 1.54) is 18.3 Å². The van der Waals surface area contributed by atoms with E-state index in [1.807, 2.05) is 0 Å². The summed E-state index contributed by atoms with van der Waals surface area (Å²) >= 11 is 6.16. The third-order valence-corrected chi connectivity index (χ3v) is 5.39. The third-order valence-electron chi connectivity index (χ3n) is 3.34. The molecule has 122 valence electrons. The quantitative estimate of drug-likeness (QED) is 0.729. The highest BCUT2D eigenvalue weighted by molar-refractivity contribution is 7.90. The molecule has 5 nitrogen and oxygen atoms in total. The Morgan fingerprint density at radius 2 is 1.96 bits per heavy atom. The van der Waals surface area contributed by atoms with Crippen LogP contribution >= 0.6 is 11.6 Å². The molecule has 0 atom stereocenters. The van der Waals surface area contributed by atoms with Gasteiger partial charge in [-0.2, -0.15) is 0 Å². The topological polar surface area (TPSA) is 72.2 Å². The Morgan fingerprint density at radius 1 is 1.21 bits per heavy atom. The predicted octanol–water partition coefficient (Wildman–Crippen LogP) is 2.66. The van der Waals surface area contributed by atoms with E-state index < -0.39 is 10.0 Å². The Morgan fingerprint density at radius 3 is 2.67 bits per heavy atom. The second kappa shape index (κ2) is 6.65. The highest BCUT2D eigenvalue weighted by Crippen LogP contribution is 2.28. The summed E-state index contributed by atoms with van der Waals surface area (Å²) in [6, 6.07) is 11.2. The summed E-state index contributed by atoms with van der Waals surface area (Å²) in [5.74, 6) is 5.52. The van der Waals surface area contributed by atoms with E-state index in [4.69, 9.17) is 16.7 Å². The molecule has 0 aliphatic carbocycles. The van der Waals surface area contributed by atoms with E-state index in [0.717, 1.165) is 3.97 Å². The molecule has 2 aromatic heterocycles. The average Bonchev–Trinajstić information content (AvgIpc) is 2.96. The van der Waals surface area contributed by atoms with E-state index in [0.29, 0.717) is 10.4 Å². The van der Waals surface area contributed by atoms with Crippen LogP contribution in [0.2, 0.25) is 5.02 Å². The van der Waals surface area contributed by atoms with E-state index in [2.05, 4.69) is 16.8 Å². The molecule has 0 saturated carbocycles. The van der Waals surface area contributed by atoms with Gasteiger partial charge in [-0.05, 0) is 30.2 Å². The molecule has 0 radical (unpaired) electrons. The van der Waals surface area contributed by atoms with E-state index in [1.54, 1.807) is 30.3 Å². The van der Waals surface area contributed by atoms with Crippen molar-refractivity contribution in [3.05, 3.63) is 59.4 Å². The molecule has 0 unspecified atom stereocenters. The van der Waals surface area contributed by atoms with Gasteiger partial charge in [-0.25, -0.2) is 17.4 Å². The Hall–Kier alpha value is -2.33. The zero-order valence-electron chi connectivity index (χ0n) is 12.5. The number of aliphatic hydroxyl groups is 1. The van der Waals surface area contributed by atoms with Gasteiger partial charge in [0.2, 0.25) is 0 Å². The van der Waals surface area contributed by atoms with Crippen LogP contribution in [0.1, 0.15) is 12.1 Å². The Balaban J connectivity index is 2.32. The van der Waals surface area contributed by atoms with Crippen molar-refractivity contribution < 1.29 is 13.5 Å². The second-order valence-electron chi connectivity index (χ2n) is 4.92. The molecule has 0 saturated heterocycles. The number of halogens is 1. The van der Waals surface area contributed by atoms with E-state index >= 15 is 0 Å². The maximum atomic E-state index is 13.0. The molecule has 0 amide bonds. The number of aliphatic hydroxyl groups excluding tert-OH is 1. The van der Waals surface area contributed by atoms with Crippen LogP contribution in [0, 0.1) is 11.8 Å². The van der Waals surface area contributed by atoms with Crippen molar-refractivity contribution in [3.63, 3.8) is 0 Å². The fraction of sp³-hybridized carbons (Fsp3) is 0.118. The lowest BCUT2D eigenvalue weighted by Gasteiger charge is -2.08. The third kappa shape index (κ3) is 2.89. The van der Waals surface area contributed by atoms with Crippen molar-refractivity contribution in [1.82, 2.24) is 8.96 Å². The van der Waals surface area contributed by atoms with Crippen LogP contribution in [0.5, 0.6) is 0 Å². The largest absolute Gasteiger partial charge is 0.395 e. The molecule has 3 aromatic rings. The summed E-state index contributed by atoms with van der Waals surface area (Å²) in [6.07, 6.45) is 1.70. The maximum Gasteiger partial charge on any atom is 0.270 e. The van der Waals surface area contributed by atoms with Crippen LogP contribution in [-0.4, -0.2) is 29.1 Å². The fourth-order valence-electron chi connectivity index (χ4n) is 2.28. The second-order valence-corrected chi connectivity index (χ2v) is 7.11. The fourth-order valence-corrected chi connectivity index (χ4v) is 3.92. The zero-order valence-corrected chi connectivity index (χ0v) is 14.0. The van der Waals surface area contributed by atoms with Crippen molar-refractivity contribution in [2.75, 3.05) is 6.61 Å². The number of nitrogens with zero attached hydrogens (tertiary/aromatic N) is 2. The molecule has 2 heterocycles. The molecule has 0 bridgehead atoms. The minimum absolute atomic E-state index is 0.0995. The van der Waals surface area contributed by atoms with Gasteiger partial charge in [-0.3, -0.25) is 0 Å². The van der Waals surface area contributed by atoms with Gasteiger partial charge in [0.15, 0.2) is 5.65 Å². The summed E-state index contributed by atoms with van der Waals surface area (Å²) in [7, 11) is -3.88. The Kier molecular flexibility index (Phi) is 4.58.